The van der Waals surface area contributed by atoms with E-state index in [-0.39, 0.29) is 5.91 Å². The fraction of sp³-hybridized carbons (Fsp3) is 0.259. The molecule has 32 heavy (non-hydrogen) atoms. The Morgan fingerprint density at radius 1 is 1.06 bits per heavy atom. The minimum atomic E-state index is -0.181. The van der Waals surface area contributed by atoms with Gasteiger partial charge in [-0.3, -0.25) is 9.69 Å². The van der Waals surface area contributed by atoms with Gasteiger partial charge in [0.15, 0.2) is 0 Å². The lowest BCUT2D eigenvalue weighted by Gasteiger charge is -2.31. The molecule has 162 valence electrons. The number of carbonyl (C=O) groups is 1. The molecule has 3 aromatic carbocycles. The number of hydrogen-bond donors (Lipinski definition) is 2. The highest BCUT2D eigenvalue weighted by molar-refractivity contribution is 5.94. The number of carbonyl (C=O) groups excluding carboxylic acids is 1. The lowest BCUT2D eigenvalue weighted by Crippen LogP contribution is -2.48. The molecular weight excluding hydrogens is 396 g/mol. The van der Waals surface area contributed by atoms with Gasteiger partial charge in [0.1, 0.15) is 0 Å². The topological polar surface area (TPSA) is 68.2 Å². The molecule has 1 amide bonds. The summed E-state index contributed by atoms with van der Waals surface area (Å²) in [7, 11) is 0. The average molecular weight is 425 g/mol. The van der Waals surface area contributed by atoms with Gasteiger partial charge < -0.3 is 10.6 Å². The van der Waals surface area contributed by atoms with Gasteiger partial charge >= 0.3 is 0 Å². The average Bonchev–Trinajstić information content (AvgIpc) is 2.83. The van der Waals surface area contributed by atoms with Crippen molar-refractivity contribution in [2.75, 3.05) is 19.6 Å². The van der Waals surface area contributed by atoms with E-state index in [1.54, 1.807) is 24.3 Å². The molecule has 0 radical (unpaired) electrons. The van der Waals surface area contributed by atoms with Crippen LogP contribution in [0.2, 0.25) is 0 Å². The summed E-state index contributed by atoms with van der Waals surface area (Å²) in [4.78, 5) is 15.0. The van der Waals surface area contributed by atoms with Crippen LogP contribution < -0.4 is 10.6 Å². The van der Waals surface area contributed by atoms with Gasteiger partial charge in [-0.25, -0.2) is 0 Å². The molecule has 5 heteroatoms. The van der Waals surface area contributed by atoms with Gasteiger partial charge in [-0.05, 0) is 59.5 Å². The van der Waals surface area contributed by atoms with Crippen molar-refractivity contribution in [2.45, 2.75) is 26.1 Å². The Kier molecular flexibility index (Phi) is 6.96. The summed E-state index contributed by atoms with van der Waals surface area (Å²) in [6.07, 6.45) is 0. The van der Waals surface area contributed by atoms with E-state index in [0.717, 1.165) is 37.3 Å². The molecule has 0 unspecified atom stereocenters. The van der Waals surface area contributed by atoms with Crippen LogP contribution in [0.3, 0.4) is 0 Å². The maximum atomic E-state index is 12.5. The van der Waals surface area contributed by atoms with Crippen LogP contribution in [0.15, 0.2) is 72.8 Å². The number of amides is 1. The summed E-state index contributed by atoms with van der Waals surface area (Å²) in [6, 6.07) is 26.3. The number of hydrogen-bond acceptors (Lipinski definition) is 4. The molecule has 1 saturated heterocycles. The van der Waals surface area contributed by atoms with Crippen LogP contribution in [0, 0.1) is 11.3 Å². The fourth-order valence-electron chi connectivity index (χ4n) is 4.14. The Morgan fingerprint density at radius 3 is 2.53 bits per heavy atom. The van der Waals surface area contributed by atoms with Crippen LogP contribution in [0.1, 0.15) is 34.0 Å². The molecule has 0 aromatic heterocycles. The third-order valence-corrected chi connectivity index (χ3v) is 5.75. The normalized spacial score (nSPS) is 16.3. The van der Waals surface area contributed by atoms with E-state index in [1.807, 2.05) is 12.1 Å². The molecule has 4 rings (SSSR count). The predicted molar refractivity (Wildman–Crippen MR) is 127 cm³/mol. The van der Waals surface area contributed by atoms with E-state index in [1.165, 1.54) is 11.1 Å². The molecule has 1 atom stereocenters. The third-order valence-electron chi connectivity index (χ3n) is 5.75. The van der Waals surface area contributed by atoms with Crippen molar-refractivity contribution in [3.05, 3.63) is 95.1 Å². The van der Waals surface area contributed by atoms with E-state index < -0.39 is 0 Å². The molecule has 5 nitrogen and oxygen atoms in total. The summed E-state index contributed by atoms with van der Waals surface area (Å²) >= 11 is 0. The van der Waals surface area contributed by atoms with Gasteiger partial charge in [-0.15, -0.1) is 0 Å². The Balaban J connectivity index is 1.42. The summed E-state index contributed by atoms with van der Waals surface area (Å²) in [5, 5.41) is 15.5. The zero-order valence-corrected chi connectivity index (χ0v) is 18.3. The molecule has 3 aromatic rings. The van der Waals surface area contributed by atoms with Crippen molar-refractivity contribution >= 4 is 5.91 Å². The van der Waals surface area contributed by atoms with Crippen molar-refractivity contribution < 1.29 is 4.79 Å². The summed E-state index contributed by atoms with van der Waals surface area (Å²) in [6.45, 7) is 6.79. The summed E-state index contributed by atoms with van der Waals surface area (Å²) < 4.78 is 0. The fourth-order valence-corrected chi connectivity index (χ4v) is 4.14. The van der Waals surface area contributed by atoms with Gasteiger partial charge in [0.25, 0.3) is 5.91 Å². The van der Waals surface area contributed by atoms with Crippen molar-refractivity contribution in [1.29, 1.82) is 5.26 Å². The van der Waals surface area contributed by atoms with Gasteiger partial charge in [-0.1, -0.05) is 42.5 Å². The molecule has 0 spiro atoms. The molecule has 2 N–H and O–H groups in total. The molecule has 1 aliphatic heterocycles. The van der Waals surface area contributed by atoms with E-state index in [9.17, 15) is 4.79 Å². The largest absolute Gasteiger partial charge is 0.348 e. The highest BCUT2D eigenvalue weighted by Crippen LogP contribution is 2.22. The summed E-state index contributed by atoms with van der Waals surface area (Å²) in [5.74, 6) is -0.181. The minimum Gasteiger partial charge on any atom is -0.348 e. The van der Waals surface area contributed by atoms with Crippen LogP contribution in [0.25, 0.3) is 11.1 Å². The third kappa shape index (κ3) is 5.61. The standard InChI is InChI=1S/C27H28N4O/c1-20-18-31(12-11-29-20)19-23-7-4-9-25(15-23)24-8-3-6-22(14-24)17-30-27(32)26-10-2-5-21(13-26)16-28/h2-10,13-15,20,29H,11-12,17-19H2,1H3,(H,30,32)/t20-/m1/s1. The molecule has 1 heterocycles. The number of nitrogens with one attached hydrogen (secondary N) is 2. The van der Waals surface area contributed by atoms with Crippen LogP contribution in [-0.4, -0.2) is 36.5 Å². The zero-order chi connectivity index (χ0) is 22.3. The first-order chi connectivity index (χ1) is 15.6. The predicted octanol–water partition coefficient (Wildman–Crippen LogP) is 3.95. The van der Waals surface area contributed by atoms with Crippen LogP contribution in [0.5, 0.6) is 0 Å². The second kappa shape index (κ2) is 10.2. The molecule has 1 aliphatic rings. The van der Waals surface area contributed by atoms with Crippen LogP contribution >= 0.6 is 0 Å². The first-order valence-corrected chi connectivity index (χ1v) is 11.0. The van der Waals surface area contributed by atoms with E-state index >= 15 is 0 Å². The highest BCUT2D eigenvalue weighted by Gasteiger charge is 2.15. The number of nitrogens with zero attached hydrogens (tertiary/aromatic N) is 2. The minimum absolute atomic E-state index is 0.181. The number of piperazine rings is 1. The SMILES string of the molecule is C[C@@H]1CN(Cc2cccc(-c3cccc(CNC(=O)c4cccc(C#N)c4)c3)c2)CCN1. The Labute approximate surface area is 189 Å². The smallest absolute Gasteiger partial charge is 0.251 e. The molecule has 0 bridgehead atoms. The van der Waals surface area contributed by atoms with Crippen molar-refractivity contribution in [2.24, 2.45) is 0 Å². The van der Waals surface area contributed by atoms with Gasteiger partial charge in [-0.2, -0.15) is 5.26 Å². The monoisotopic (exact) mass is 424 g/mol. The Hall–Kier alpha value is -3.46. The lowest BCUT2D eigenvalue weighted by molar-refractivity contribution is 0.0951. The van der Waals surface area contributed by atoms with E-state index in [2.05, 4.69) is 64.9 Å². The first kappa shape index (κ1) is 21.8. The second-order valence-corrected chi connectivity index (χ2v) is 8.37. The van der Waals surface area contributed by atoms with E-state index in [0.29, 0.717) is 23.7 Å². The zero-order valence-electron chi connectivity index (χ0n) is 18.3. The van der Waals surface area contributed by atoms with Gasteiger partial charge in [0.05, 0.1) is 11.6 Å². The van der Waals surface area contributed by atoms with Gasteiger partial charge in [0, 0.05) is 44.3 Å². The number of nitriles is 1. The van der Waals surface area contributed by atoms with Crippen molar-refractivity contribution in [3.63, 3.8) is 0 Å². The Bertz CT molecular complexity index is 1130. The quantitative estimate of drug-likeness (QED) is 0.629. The first-order valence-electron chi connectivity index (χ1n) is 11.0. The maximum absolute atomic E-state index is 12.5. The molecule has 1 fully saturated rings. The Morgan fingerprint density at radius 2 is 1.78 bits per heavy atom. The van der Waals surface area contributed by atoms with Gasteiger partial charge in [0.2, 0.25) is 0 Å². The number of benzene rings is 3. The summed E-state index contributed by atoms with van der Waals surface area (Å²) in [5.41, 5.74) is 5.64. The lowest BCUT2D eigenvalue weighted by atomic mass is 10.0. The molecular formula is C27H28N4O. The van der Waals surface area contributed by atoms with Crippen LogP contribution in [0.4, 0.5) is 0 Å². The number of rotatable bonds is 6. The maximum Gasteiger partial charge on any atom is 0.251 e. The highest BCUT2D eigenvalue weighted by atomic mass is 16.1. The van der Waals surface area contributed by atoms with E-state index in [4.69, 9.17) is 5.26 Å². The molecule has 0 aliphatic carbocycles. The van der Waals surface area contributed by atoms with Crippen LogP contribution in [-0.2, 0) is 13.1 Å². The van der Waals surface area contributed by atoms with Crippen molar-refractivity contribution in [1.82, 2.24) is 15.5 Å². The molecule has 0 saturated carbocycles. The second-order valence-electron chi connectivity index (χ2n) is 8.37. The van der Waals surface area contributed by atoms with Crippen molar-refractivity contribution in [3.8, 4) is 17.2 Å².